The van der Waals surface area contributed by atoms with Gasteiger partial charge in [-0.2, -0.15) is 0 Å². The lowest BCUT2D eigenvalue weighted by molar-refractivity contribution is 0.425. The summed E-state index contributed by atoms with van der Waals surface area (Å²) in [5.41, 5.74) is 1.51. The van der Waals surface area contributed by atoms with Gasteiger partial charge in [0.1, 0.15) is 0 Å². The number of pyridine rings is 1. The minimum Gasteiger partial charge on any atom is -0.423 e. The zero-order valence-electron chi connectivity index (χ0n) is 7.85. The Kier molecular flexibility index (Phi) is 2.17. The van der Waals surface area contributed by atoms with E-state index in [0.29, 0.717) is 5.46 Å². The second-order valence-corrected chi connectivity index (χ2v) is 3.74. The summed E-state index contributed by atoms with van der Waals surface area (Å²) < 4.78 is 0. The summed E-state index contributed by atoms with van der Waals surface area (Å²) in [5.74, 6) is 0. The van der Waals surface area contributed by atoms with Crippen LogP contribution >= 0.6 is 0 Å². The van der Waals surface area contributed by atoms with Crippen LogP contribution in [0.25, 0.3) is 0 Å². The average Bonchev–Trinajstić information content (AvgIpc) is 2.98. The summed E-state index contributed by atoms with van der Waals surface area (Å²) in [7, 11) is -1.44. The number of allylic oxidation sites excluding steroid dienone is 1. The average molecular weight is 189 g/mol. The lowest BCUT2D eigenvalue weighted by Crippen LogP contribution is -2.31. The molecule has 0 radical (unpaired) electrons. The molecule has 1 fully saturated rings. The zero-order chi connectivity index (χ0) is 10.2. The van der Waals surface area contributed by atoms with Crippen molar-refractivity contribution in [3.8, 4) is 0 Å². The van der Waals surface area contributed by atoms with Crippen molar-refractivity contribution in [3.05, 3.63) is 36.7 Å². The molecule has 4 heteroatoms. The van der Waals surface area contributed by atoms with Crippen molar-refractivity contribution in [2.45, 2.75) is 18.3 Å². The lowest BCUT2D eigenvalue weighted by Gasteiger charge is -2.10. The van der Waals surface area contributed by atoms with Crippen LogP contribution in [0.2, 0.25) is 0 Å². The maximum atomic E-state index is 9.00. The maximum absolute atomic E-state index is 9.00. The topological polar surface area (TPSA) is 53.4 Å². The number of nitrogens with zero attached hydrogens (tertiary/aromatic N) is 1. The molecule has 0 unspecified atom stereocenters. The molecule has 0 spiro atoms. The van der Waals surface area contributed by atoms with Crippen molar-refractivity contribution in [2.75, 3.05) is 0 Å². The van der Waals surface area contributed by atoms with Crippen LogP contribution in [0.15, 0.2) is 31.1 Å². The van der Waals surface area contributed by atoms with Gasteiger partial charge < -0.3 is 10.0 Å². The monoisotopic (exact) mass is 189 g/mol. The Morgan fingerprint density at radius 2 is 2.14 bits per heavy atom. The van der Waals surface area contributed by atoms with Gasteiger partial charge in [-0.25, -0.2) is 0 Å². The van der Waals surface area contributed by atoms with Crippen molar-refractivity contribution in [3.63, 3.8) is 0 Å². The molecule has 3 nitrogen and oxygen atoms in total. The maximum Gasteiger partial charge on any atom is 0.490 e. The van der Waals surface area contributed by atoms with Crippen molar-refractivity contribution >= 4 is 12.6 Å². The van der Waals surface area contributed by atoms with Crippen molar-refractivity contribution in [1.29, 1.82) is 0 Å². The molecule has 1 saturated carbocycles. The van der Waals surface area contributed by atoms with Crippen molar-refractivity contribution in [2.24, 2.45) is 0 Å². The second kappa shape index (κ2) is 3.22. The molecule has 0 amide bonds. The largest absolute Gasteiger partial charge is 0.490 e. The van der Waals surface area contributed by atoms with Crippen LogP contribution in [-0.2, 0) is 5.41 Å². The van der Waals surface area contributed by atoms with Gasteiger partial charge in [0.05, 0.1) is 0 Å². The molecular weight excluding hydrogens is 177 g/mol. The first-order valence-electron chi connectivity index (χ1n) is 4.63. The van der Waals surface area contributed by atoms with Crippen LogP contribution in [0.5, 0.6) is 0 Å². The highest BCUT2D eigenvalue weighted by molar-refractivity contribution is 6.58. The van der Waals surface area contributed by atoms with E-state index < -0.39 is 7.12 Å². The third-order valence-corrected chi connectivity index (χ3v) is 2.81. The molecule has 0 bridgehead atoms. The molecular formula is C10H12BNO2. The zero-order valence-corrected chi connectivity index (χ0v) is 7.85. The first-order chi connectivity index (χ1) is 6.68. The summed E-state index contributed by atoms with van der Waals surface area (Å²) in [6, 6.07) is 1.78. The minimum atomic E-state index is -1.44. The molecule has 1 aromatic rings. The van der Waals surface area contributed by atoms with Gasteiger partial charge in [-0.1, -0.05) is 12.1 Å². The van der Waals surface area contributed by atoms with E-state index in [4.69, 9.17) is 10.0 Å². The highest BCUT2D eigenvalue weighted by Gasteiger charge is 2.41. The molecule has 0 atom stereocenters. The first kappa shape index (κ1) is 9.43. The molecule has 1 aliphatic carbocycles. The predicted molar refractivity (Wildman–Crippen MR) is 55.2 cm³/mol. The van der Waals surface area contributed by atoms with Gasteiger partial charge in [0.2, 0.25) is 0 Å². The van der Waals surface area contributed by atoms with E-state index in [1.54, 1.807) is 12.3 Å². The lowest BCUT2D eigenvalue weighted by atomic mass is 9.79. The van der Waals surface area contributed by atoms with Crippen LogP contribution in [-0.4, -0.2) is 22.2 Å². The summed E-state index contributed by atoms with van der Waals surface area (Å²) >= 11 is 0. The van der Waals surface area contributed by atoms with E-state index in [-0.39, 0.29) is 5.41 Å². The molecule has 2 rings (SSSR count). The number of rotatable bonds is 3. The van der Waals surface area contributed by atoms with Gasteiger partial charge in [-0.3, -0.25) is 4.98 Å². The molecule has 72 valence electrons. The number of hydrogen-bond donors (Lipinski definition) is 2. The Hall–Kier alpha value is -1.13. The van der Waals surface area contributed by atoms with Crippen molar-refractivity contribution < 1.29 is 10.0 Å². The quantitative estimate of drug-likeness (QED) is 0.518. The number of hydrogen-bond acceptors (Lipinski definition) is 3. The van der Waals surface area contributed by atoms with Crippen LogP contribution in [0.4, 0.5) is 0 Å². The van der Waals surface area contributed by atoms with Gasteiger partial charge >= 0.3 is 7.12 Å². The molecule has 1 aromatic heterocycles. The van der Waals surface area contributed by atoms with E-state index in [1.807, 2.05) is 6.08 Å². The Bertz CT molecular complexity index is 361. The van der Waals surface area contributed by atoms with Crippen molar-refractivity contribution in [1.82, 2.24) is 4.98 Å². The minimum absolute atomic E-state index is 0.0396. The van der Waals surface area contributed by atoms with E-state index in [9.17, 15) is 0 Å². The summed E-state index contributed by atoms with van der Waals surface area (Å²) in [6.45, 7) is 3.79. The highest BCUT2D eigenvalue weighted by atomic mass is 16.4. The third-order valence-electron chi connectivity index (χ3n) is 2.81. The Morgan fingerprint density at radius 1 is 1.43 bits per heavy atom. The van der Waals surface area contributed by atoms with E-state index in [1.165, 1.54) is 6.20 Å². The standard InChI is InChI=1S/C10H12BNO2/c1-2-10(3-4-10)8-5-9(11(13)14)7-12-6-8/h2,5-7,13-14H,1,3-4H2. The highest BCUT2D eigenvalue weighted by Crippen LogP contribution is 2.48. The van der Waals surface area contributed by atoms with Crippen LogP contribution in [0, 0.1) is 0 Å². The third kappa shape index (κ3) is 1.47. The molecule has 1 aliphatic rings. The Balaban J connectivity index is 2.35. The van der Waals surface area contributed by atoms with Crippen LogP contribution < -0.4 is 5.46 Å². The second-order valence-electron chi connectivity index (χ2n) is 3.74. The van der Waals surface area contributed by atoms with Crippen LogP contribution in [0.1, 0.15) is 18.4 Å². The molecule has 0 aliphatic heterocycles. The number of aromatic nitrogens is 1. The fourth-order valence-corrected chi connectivity index (χ4v) is 1.62. The fourth-order valence-electron chi connectivity index (χ4n) is 1.62. The van der Waals surface area contributed by atoms with E-state index in [2.05, 4.69) is 11.6 Å². The van der Waals surface area contributed by atoms with Gasteiger partial charge in [0.15, 0.2) is 0 Å². The fraction of sp³-hybridized carbons (Fsp3) is 0.300. The SMILES string of the molecule is C=CC1(c2cncc(B(O)O)c2)CC1. The van der Waals surface area contributed by atoms with E-state index in [0.717, 1.165) is 18.4 Å². The Labute approximate surface area is 83.3 Å². The first-order valence-corrected chi connectivity index (χ1v) is 4.63. The summed E-state index contributed by atoms with van der Waals surface area (Å²) in [4.78, 5) is 3.99. The smallest absolute Gasteiger partial charge is 0.423 e. The van der Waals surface area contributed by atoms with Crippen LogP contribution in [0.3, 0.4) is 0 Å². The van der Waals surface area contributed by atoms with E-state index >= 15 is 0 Å². The predicted octanol–water partition coefficient (Wildman–Crippen LogP) is -0.0210. The van der Waals surface area contributed by atoms with Gasteiger partial charge in [0, 0.05) is 23.3 Å². The summed E-state index contributed by atoms with van der Waals surface area (Å²) in [6.07, 6.45) is 7.29. The Morgan fingerprint density at radius 3 is 2.64 bits per heavy atom. The molecule has 1 heterocycles. The molecule has 0 saturated heterocycles. The molecule has 14 heavy (non-hydrogen) atoms. The molecule has 0 aromatic carbocycles. The molecule has 2 N–H and O–H groups in total. The van der Waals surface area contributed by atoms with Gasteiger partial charge in [-0.05, 0) is 18.4 Å². The van der Waals surface area contributed by atoms with Gasteiger partial charge in [0.25, 0.3) is 0 Å². The summed E-state index contributed by atoms with van der Waals surface area (Å²) in [5, 5.41) is 18.0. The van der Waals surface area contributed by atoms with Gasteiger partial charge in [-0.15, -0.1) is 6.58 Å². The normalized spacial score (nSPS) is 17.6.